The fourth-order valence-electron chi connectivity index (χ4n) is 1.91. The van der Waals surface area contributed by atoms with Crippen LogP contribution in [0.25, 0.3) is 0 Å². The molecule has 0 fully saturated rings. The van der Waals surface area contributed by atoms with Gasteiger partial charge in [-0.1, -0.05) is 0 Å². The highest BCUT2D eigenvalue weighted by atomic mass is 32.2. The molecule has 5 nitrogen and oxygen atoms in total. The lowest BCUT2D eigenvalue weighted by Gasteiger charge is -2.16. The van der Waals surface area contributed by atoms with Gasteiger partial charge in [0.25, 0.3) is 5.91 Å². The van der Waals surface area contributed by atoms with Gasteiger partial charge in [-0.15, -0.1) is 11.8 Å². The van der Waals surface area contributed by atoms with E-state index >= 15 is 0 Å². The molecule has 3 rings (SSSR count). The molecule has 2 N–H and O–H groups in total. The van der Waals surface area contributed by atoms with Gasteiger partial charge in [-0.2, -0.15) is 0 Å². The number of hydrogen-bond acceptors (Lipinski definition) is 4. The predicted octanol–water partition coefficient (Wildman–Crippen LogP) is 2.25. The van der Waals surface area contributed by atoms with Gasteiger partial charge in [0, 0.05) is 10.5 Å². The lowest BCUT2D eigenvalue weighted by atomic mass is 10.2. The third kappa shape index (κ3) is 2.70. The van der Waals surface area contributed by atoms with Crippen molar-refractivity contribution in [2.24, 2.45) is 0 Å². The number of hydrogen-bond donors (Lipinski definition) is 2. The van der Waals surface area contributed by atoms with Gasteiger partial charge in [0.1, 0.15) is 5.76 Å². The first-order valence-corrected chi connectivity index (χ1v) is 7.08. The molecule has 0 atom stereocenters. The number of thioether (sulfide) groups is 1. The van der Waals surface area contributed by atoms with E-state index in [9.17, 15) is 9.59 Å². The van der Waals surface area contributed by atoms with Crippen LogP contribution in [-0.4, -0.2) is 17.6 Å². The van der Waals surface area contributed by atoms with Crippen molar-refractivity contribution in [3.05, 3.63) is 47.9 Å². The molecule has 0 unspecified atom stereocenters. The first-order chi connectivity index (χ1) is 9.72. The minimum Gasteiger partial charge on any atom is -0.467 e. The van der Waals surface area contributed by atoms with Gasteiger partial charge in [0.2, 0.25) is 5.91 Å². The van der Waals surface area contributed by atoms with Crippen molar-refractivity contribution >= 4 is 29.3 Å². The predicted molar refractivity (Wildman–Crippen MR) is 75.7 cm³/mol. The van der Waals surface area contributed by atoms with Crippen molar-refractivity contribution in [2.75, 3.05) is 11.1 Å². The van der Waals surface area contributed by atoms with Crippen molar-refractivity contribution in [2.45, 2.75) is 11.4 Å². The van der Waals surface area contributed by atoms with Crippen LogP contribution in [0.1, 0.15) is 16.1 Å². The lowest BCUT2D eigenvalue weighted by Crippen LogP contribution is -2.24. The summed E-state index contributed by atoms with van der Waals surface area (Å²) in [5, 5.41) is 5.53. The van der Waals surface area contributed by atoms with Crippen LogP contribution in [0, 0.1) is 0 Å². The number of fused-ring (bicyclic) bond motifs is 1. The molecule has 0 saturated heterocycles. The molecule has 6 heteroatoms. The van der Waals surface area contributed by atoms with Crippen molar-refractivity contribution in [3.8, 4) is 0 Å². The average Bonchev–Trinajstić information content (AvgIpc) is 2.97. The van der Waals surface area contributed by atoms with E-state index in [1.807, 2.05) is 6.07 Å². The number of anilines is 1. The van der Waals surface area contributed by atoms with E-state index in [0.717, 1.165) is 4.90 Å². The smallest absolute Gasteiger partial charge is 0.251 e. The molecular formula is C14H12N2O3S. The molecule has 20 heavy (non-hydrogen) atoms. The van der Waals surface area contributed by atoms with E-state index < -0.39 is 0 Å². The van der Waals surface area contributed by atoms with Crippen LogP contribution in [0.2, 0.25) is 0 Å². The Hall–Kier alpha value is -2.21. The molecular weight excluding hydrogens is 276 g/mol. The summed E-state index contributed by atoms with van der Waals surface area (Å²) in [5.41, 5.74) is 1.20. The number of rotatable bonds is 3. The largest absolute Gasteiger partial charge is 0.467 e. The molecule has 1 aromatic carbocycles. The summed E-state index contributed by atoms with van der Waals surface area (Å²) in [6.07, 6.45) is 1.56. The summed E-state index contributed by atoms with van der Waals surface area (Å²) in [7, 11) is 0. The zero-order valence-electron chi connectivity index (χ0n) is 10.5. The fraction of sp³-hybridized carbons (Fsp3) is 0.143. The molecule has 0 radical (unpaired) electrons. The van der Waals surface area contributed by atoms with Gasteiger partial charge in [-0.05, 0) is 30.3 Å². The monoisotopic (exact) mass is 288 g/mol. The van der Waals surface area contributed by atoms with Crippen LogP contribution >= 0.6 is 11.8 Å². The number of amides is 2. The van der Waals surface area contributed by atoms with Crippen LogP contribution in [0.15, 0.2) is 45.9 Å². The topological polar surface area (TPSA) is 71.3 Å². The molecule has 102 valence electrons. The number of nitrogens with one attached hydrogen (secondary N) is 2. The molecule has 0 saturated carbocycles. The molecule has 0 aliphatic carbocycles. The van der Waals surface area contributed by atoms with E-state index in [0.29, 0.717) is 29.3 Å². The van der Waals surface area contributed by atoms with E-state index in [1.54, 1.807) is 30.5 Å². The maximum atomic E-state index is 12.0. The normalized spacial score (nSPS) is 13.5. The first-order valence-electron chi connectivity index (χ1n) is 6.09. The second-order valence-electron chi connectivity index (χ2n) is 4.31. The third-order valence-corrected chi connectivity index (χ3v) is 3.95. The molecule has 0 spiro atoms. The highest BCUT2D eigenvalue weighted by Crippen LogP contribution is 2.31. The van der Waals surface area contributed by atoms with Crippen molar-refractivity contribution < 1.29 is 14.0 Å². The van der Waals surface area contributed by atoms with E-state index in [2.05, 4.69) is 10.6 Å². The Labute approximate surface area is 119 Å². The zero-order chi connectivity index (χ0) is 13.9. The Bertz CT molecular complexity index is 652. The van der Waals surface area contributed by atoms with Gasteiger partial charge in [0.05, 0.1) is 24.2 Å². The van der Waals surface area contributed by atoms with Gasteiger partial charge >= 0.3 is 0 Å². The van der Waals surface area contributed by atoms with Gasteiger partial charge < -0.3 is 15.1 Å². The van der Waals surface area contributed by atoms with E-state index in [-0.39, 0.29) is 11.8 Å². The minimum absolute atomic E-state index is 0.0457. The Morgan fingerprint density at radius 1 is 1.40 bits per heavy atom. The highest BCUT2D eigenvalue weighted by molar-refractivity contribution is 8.00. The minimum atomic E-state index is -0.200. The second-order valence-corrected chi connectivity index (χ2v) is 5.33. The Balaban J connectivity index is 1.72. The SMILES string of the molecule is O=C1CSc2ccc(C(=O)NCc3ccco3)cc2N1. The number of carbonyl (C=O) groups excluding carboxylic acids is 2. The third-order valence-electron chi connectivity index (χ3n) is 2.88. The average molecular weight is 288 g/mol. The van der Waals surface area contributed by atoms with Crippen LogP contribution in [-0.2, 0) is 11.3 Å². The van der Waals surface area contributed by atoms with Gasteiger partial charge in [0.15, 0.2) is 0 Å². The standard InChI is InChI=1S/C14H12N2O3S/c17-13-8-20-12-4-3-9(6-11(12)16-13)14(18)15-7-10-2-1-5-19-10/h1-6H,7-8H2,(H,15,18)(H,16,17). The highest BCUT2D eigenvalue weighted by Gasteiger charge is 2.17. The van der Waals surface area contributed by atoms with Crippen LogP contribution in [0.5, 0.6) is 0 Å². The summed E-state index contributed by atoms with van der Waals surface area (Å²) in [6.45, 7) is 0.337. The molecule has 2 aromatic rings. The van der Waals surface area contributed by atoms with E-state index in [4.69, 9.17) is 4.42 Å². The van der Waals surface area contributed by atoms with Gasteiger partial charge in [-0.3, -0.25) is 9.59 Å². The number of furan rings is 1. The first kappa shape index (κ1) is 12.8. The molecule has 2 amide bonds. The van der Waals surface area contributed by atoms with Crippen LogP contribution in [0.4, 0.5) is 5.69 Å². The Morgan fingerprint density at radius 2 is 2.30 bits per heavy atom. The summed E-state index contributed by atoms with van der Waals surface area (Å²) in [4.78, 5) is 24.4. The van der Waals surface area contributed by atoms with Crippen molar-refractivity contribution in [1.29, 1.82) is 0 Å². The molecule has 1 aliphatic heterocycles. The molecule has 1 aliphatic rings. The van der Waals surface area contributed by atoms with Crippen LogP contribution in [0.3, 0.4) is 0 Å². The maximum Gasteiger partial charge on any atom is 0.251 e. The maximum absolute atomic E-state index is 12.0. The number of benzene rings is 1. The zero-order valence-corrected chi connectivity index (χ0v) is 11.3. The Morgan fingerprint density at radius 3 is 3.10 bits per heavy atom. The quantitative estimate of drug-likeness (QED) is 0.908. The molecule has 0 bridgehead atoms. The summed E-state index contributed by atoms with van der Waals surface area (Å²) >= 11 is 1.47. The van der Waals surface area contributed by atoms with Crippen molar-refractivity contribution in [1.82, 2.24) is 5.32 Å². The number of carbonyl (C=O) groups is 2. The van der Waals surface area contributed by atoms with Gasteiger partial charge in [-0.25, -0.2) is 0 Å². The summed E-state index contributed by atoms with van der Waals surface area (Å²) < 4.78 is 5.15. The lowest BCUT2D eigenvalue weighted by molar-refractivity contribution is -0.113. The molecule has 1 aromatic heterocycles. The van der Waals surface area contributed by atoms with E-state index in [1.165, 1.54) is 11.8 Å². The fourth-order valence-corrected chi connectivity index (χ4v) is 2.70. The second kappa shape index (κ2) is 5.42. The van der Waals surface area contributed by atoms with Crippen LogP contribution < -0.4 is 10.6 Å². The summed E-state index contributed by atoms with van der Waals surface area (Å²) in [6, 6.07) is 8.86. The Kier molecular flexibility index (Phi) is 3.47. The molecule has 2 heterocycles. The summed E-state index contributed by atoms with van der Waals surface area (Å²) in [5.74, 6) is 0.863. The van der Waals surface area contributed by atoms with Crippen molar-refractivity contribution in [3.63, 3.8) is 0 Å².